The van der Waals surface area contributed by atoms with Crippen LogP contribution in [0.1, 0.15) is 22.1 Å². The Morgan fingerprint density at radius 2 is 1.90 bits per heavy atom. The number of fused-ring (bicyclic) bond motifs is 2. The molecular formula is C17H15N3O. The lowest BCUT2D eigenvalue weighted by Crippen LogP contribution is -2.44. The number of para-hydroxylation sites is 1. The maximum absolute atomic E-state index is 12.3. The van der Waals surface area contributed by atoms with Gasteiger partial charge in [-0.1, -0.05) is 24.3 Å². The molecular weight excluding hydrogens is 262 g/mol. The van der Waals surface area contributed by atoms with Crippen molar-refractivity contribution in [1.29, 1.82) is 0 Å². The number of rotatable bonds is 1. The van der Waals surface area contributed by atoms with Crippen molar-refractivity contribution < 1.29 is 4.79 Å². The highest BCUT2D eigenvalue weighted by atomic mass is 16.2. The molecule has 2 aromatic carbocycles. The second kappa shape index (κ2) is 4.38. The first-order chi connectivity index (χ1) is 10.3. The van der Waals surface area contributed by atoms with E-state index in [9.17, 15) is 4.79 Å². The SMILES string of the molecule is CN1c2ccccc2C(=O)NC1c1cccc2[nH]ccc12. The molecule has 2 heterocycles. The van der Waals surface area contributed by atoms with E-state index >= 15 is 0 Å². The Balaban J connectivity index is 1.87. The molecule has 0 aliphatic carbocycles. The fourth-order valence-corrected chi connectivity index (χ4v) is 3.05. The Morgan fingerprint density at radius 1 is 1.05 bits per heavy atom. The number of nitrogens with zero attached hydrogens (tertiary/aromatic N) is 1. The molecule has 21 heavy (non-hydrogen) atoms. The summed E-state index contributed by atoms with van der Waals surface area (Å²) in [4.78, 5) is 17.7. The summed E-state index contributed by atoms with van der Waals surface area (Å²) < 4.78 is 0. The molecule has 1 unspecified atom stereocenters. The summed E-state index contributed by atoms with van der Waals surface area (Å²) in [6.07, 6.45) is 1.76. The molecule has 0 saturated heterocycles. The number of anilines is 1. The lowest BCUT2D eigenvalue weighted by molar-refractivity contribution is 0.0928. The van der Waals surface area contributed by atoms with Gasteiger partial charge in [0.15, 0.2) is 0 Å². The molecule has 1 aliphatic heterocycles. The van der Waals surface area contributed by atoms with Gasteiger partial charge in [0.05, 0.1) is 11.3 Å². The average molecular weight is 277 g/mol. The summed E-state index contributed by atoms with van der Waals surface area (Å²) in [5, 5.41) is 4.23. The molecule has 4 nitrogen and oxygen atoms in total. The molecule has 0 saturated carbocycles. The smallest absolute Gasteiger partial charge is 0.255 e. The van der Waals surface area contributed by atoms with E-state index in [-0.39, 0.29) is 12.1 Å². The van der Waals surface area contributed by atoms with Crippen LogP contribution >= 0.6 is 0 Å². The number of benzene rings is 2. The zero-order valence-corrected chi connectivity index (χ0v) is 11.6. The van der Waals surface area contributed by atoms with Gasteiger partial charge < -0.3 is 15.2 Å². The molecule has 4 rings (SSSR count). The monoisotopic (exact) mass is 277 g/mol. The zero-order valence-electron chi connectivity index (χ0n) is 11.6. The van der Waals surface area contributed by atoms with Crippen LogP contribution in [0.25, 0.3) is 10.9 Å². The second-order valence-corrected chi connectivity index (χ2v) is 5.29. The van der Waals surface area contributed by atoms with Crippen molar-refractivity contribution in [2.45, 2.75) is 6.17 Å². The molecule has 0 radical (unpaired) electrons. The van der Waals surface area contributed by atoms with Crippen LogP contribution < -0.4 is 10.2 Å². The van der Waals surface area contributed by atoms with Crippen molar-refractivity contribution >= 4 is 22.5 Å². The number of nitrogens with one attached hydrogen (secondary N) is 2. The van der Waals surface area contributed by atoms with Crippen LogP contribution in [0.2, 0.25) is 0 Å². The number of carbonyl (C=O) groups is 1. The molecule has 0 fully saturated rings. The summed E-state index contributed by atoms with van der Waals surface area (Å²) in [5.74, 6) is -0.0266. The zero-order chi connectivity index (χ0) is 14.4. The summed E-state index contributed by atoms with van der Waals surface area (Å²) in [6.45, 7) is 0. The summed E-state index contributed by atoms with van der Waals surface area (Å²) in [5.41, 5.74) is 3.85. The van der Waals surface area contributed by atoms with E-state index in [4.69, 9.17) is 0 Å². The van der Waals surface area contributed by atoms with Crippen molar-refractivity contribution in [2.24, 2.45) is 0 Å². The van der Waals surface area contributed by atoms with Gasteiger partial charge in [0.1, 0.15) is 6.17 Å². The van der Waals surface area contributed by atoms with E-state index in [2.05, 4.69) is 21.3 Å². The summed E-state index contributed by atoms with van der Waals surface area (Å²) in [6, 6.07) is 15.8. The van der Waals surface area contributed by atoms with Gasteiger partial charge in [-0.2, -0.15) is 0 Å². The van der Waals surface area contributed by atoms with Crippen molar-refractivity contribution in [3.63, 3.8) is 0 Å². The van der Waals surface area contributed by atoms with E-state index in [1.54, 1.807) is 0 Å². The fourth-order valence-electron chi connectivity index (χ4n) is 3.05. The van der Waals surface area contributed by atoms with Crippen molar-refractivity contribution in [1.82, 2.24) is 10.3 Å². The van der Waals surface area contributed by atoms with Gasteiger partial charge in [-0.25, -0.2) is 0 Å². The van der Waals surface area contributed by atoms with Gasteiger partial charge >= 0.3 is 0 Å². The Kier molecular flexibility index (Phi) is 2.51. The van der Waals surface area contributed by atoms with E-state index in [1.165, 1.54) is 0 Å². The molecule has 1 amide bonds. The molecule has 1 aromatic heterocycles. The number of aromatic nitrogens is 1. The lowest BCUT2D eigenvalue weighted by Gasteiger charge is -2.36. The van der Waals surface area contributed by atoms with Gasteiger partial charge in [0.25, 0.3) is 5.91 Å². The highest BCUT2D eigenvalue weighted by molar-refractivity contribution is 6.02. The molecule has 104 valence electrons. The number of H-pyrrole nitrogens is 1. The molecule has 1 aliphatic rings. The number of carbonyl (C=O) groups excluding carboxylic acids is 1. The lowest BCUT2D eigenvalue weighted by atomic mass is 10.0. The summed E-state index contributed by atoms with van der Waals surface area (Å²) in [7, 11) is 2.01. The highest BCUT2D eigenvalue weighted by Gasteiger charge is 2.29. The van der Waals surface area contributed by atoms with Gasteiger partial charge in [0, 0.05) is 29.7 Å². The minimum absolute atomic E-state index is 0.0266. The standard InChI is InChI=1S/C17H15N3O/c1-20-15-8-3-2-5-13(15)17(21)19-16(20)12-6-4-7-14-11(12)9-10-18-14/h2-10,16,18H,1H3,(H,19,21). The predicted molar refractivity (Wildman–Crippen MR) is 83.4 cm³/mol. The van der Waals surface area contributed by atoms with Gasteiger partial charge in [-0.15, -0.1) is 0 Å². The molecule has 4 heteroatoms. The largest absolute Gasteiger partial charge is 0.361 e. The van der Waals surface area contributed by atoms with Crippen LogP contribution in [0.5, 0.6) is 0 Å². The van der Waals surface area contributed by atoms with Crippen molar-refractivity contribution in [3.8, 4) is 0 Å². The number of aromatic amines is 1. The predicted octanol–water partition coefficient (Wildman–Crippen LogP) is 3.05. The number of hydrogen-bond donors (Lipinski definition) is 2. The topological polar surface area (TPSA) is 48.1 Å². The van der Waals surface area contributed by atoms with Gasteiger partial charge in [-0.3, -0.25) is 4.79 Å². The summed E-state index contributed by atoms with van der Waals surface area (Å²) >= 11 is 0. The first-order valence-electron chi connectivity index (χ1n) is 6.94. The molecule has 0 spiro atoms. The Morgan fingerprint density at radius 3 is 2.81 bits per heavy atom. The maximum atomic E-state index is 12.3. The molecule has 1 atom stereocenters. The Hall–Kier alpha value is -2.75. The van der Waals surface area contributed by atoms with Crippen LogP contribution in [0, 0.1) is 0 Å². The minimum atomic E-state index is -0.160. The third-order valence-corrected chi connectivity index (χ3v) is 4.11. The fraction of sp³-hybridized carbons (Fsp3) is 0.118. The van der Waals surface area contributed by atoms with Crippen molar-refractivity contribution in [2.75, 3.05) is 11.9 Å². The third-order valence-electron chi connectivity index (χ3n) is 4.11. The van der Waals surface area contributed by atoms with Crippen LogP contribution in [0.4, 0.5) is 5.69 Å². The van der Waals surface area contributed by atoms with Crippen LogP contribution in [0.15, 0.2) is 54.7 Å². The Bertz CT molecular complexity index is 837. The van der Waals surface area contributed by atoms with Crippen LogP contribution in [-0.2, 0) is 0 Å². The Labute approximate surface area is 122 Å². The van der Waals surface area contributed by atoms with Gasteiger partial charge in [-0.05, 0) is 24.3 Å². The number of amides is 1. The van der Waals surface area contributed by atoms with Crippen LogP contribution in [0.3, 0.4) is 0 Å². The van der Waals surface area contributed by atoms with E-state index in [0.29, 0.717) is 0 Å². The van der Waals surface area contributed by atoms with Crippen molar-refractivity contribution in [3.05, 3.63) is 65.9 Å². The van der Waals surface area contributed by atoms with E-state index < -0.39 is 0 Å². The van der Waals surface area contributed by atoms with Crippen LogP contribution in [-0.4, -0.2) is 17.9 Å². The maximum Gasteiger partial charge on any atom is 0.255 e. The van der Waals surface area contributed by atoms with E-state index in [1.807, 2.05) is 55.7 Å². The second-order valence-electron chi connectivity index (χ2n) is 5.29. The quantitative estimate of drug-likeness (QED) is 0.718. The number of hydrogen-bond acceptors (Lipinski definition) is 2. The average Bonchev–Trinajstić information content (AvgIpc) is 2.99. The van der Waals surface area contributed by atoms with E-state index in [0.717, 1.165) is 27.7 Å². The first kappa shape index (κ1) is 12.0. The molecule has 2 N–H and O–H groups in total. The van der Waals surface area contributed by atoms with Gasteiger partial charge in [0.2, 0.25) is 0 Å². The first-order valence-corrected chi connectivity index (χ1v) is 6.94. The molecule has 0 bridgehead atoms. The normalized spacial score (nSPS) is 17.7. The molecule has 3 aromatic rings. The third kappa shape index (κ3) is 1.72. The highest BCUT2D eigenvalue weighted by Crippen LogP contribution is 2.34. The minimum Gasteiger partial charge on any atom is -0.361 e.